The van der Waals surface area contributed by atoms with Crippen LogP contribution in [0.25, 0.3) is 0 Å². The number of likely N-dealkylation sites (N-methyl/N-ethyl adjacent to an activating group) is 1. The van der Waals surface area contributed by atoms with E-state index in [2.05, 4.69) is 24.2 Å². The van der Waals surface area contributed by atoms with Gasteiger partial charge in [-0.05, 0) is 63.7 Å². The lowest BCUT2D eigenvalue weighted by Crippen LogP contribution is -2.42. The van der Waals surface area contributed by atoms with Gasteiger partial charge in [-0.1, -0.05) is 6.92 Å². The van der Waals surface area contributed by atoms with Crippen molar-refractivity contribution in [1.82, 2.24) is 10.2 Å². The molecule has 1 aliphatic heterocycles. The molecule has 4 nitrogen and oxygen atoms in total. The molecule has 126 valence electrons. The lowest BCUT2D eigenvalue weighted by Gasteiger charge is -2.31. The molecule has 1 N–H and O–H groups in total. The van der Waals surface area contributed by atoms with Gasteiger partial charge < -0.3 is 14.8 Å². The van der Waals surface area contributed by atoms with Crippen molar-refractivity contribution in [1.29, 1.82) is 0 Å². The minimum Gasteiger partial charge on any atom is -0.494 e. The quantitative estimate of drug-likeness (QED) is 0.795. The normalized spacial score (nSPS) is 15.4. The van der Waals surface area contributed by atoms with Gasteiger partial charge in [0.25, 0.3) is 0 Å². The van der Waals surface area contributed by atoms with Gasteiger partial charge >= 0.3 is 0 Å². The van der Waals surface area contributed by atoms with E-state index in [4.69, 9.17) is 9.47 Å². The Morgan fingerprint density at radius 3 is 2.14 bits per heavy atom. The van der Waals surface area contributed by atoms with Gasteiger partial charge in [-0.3, -0.25) is 4.90 Å². The van der Waals surface area contributed by atoms with Crippen LogP contribution >= 0.6 is 12.4 Å². The average Bonchev–Trinajstić information content (AvgIpc) is 2.55. The van der Waals surface area contributed by atoms with Crippen LogP contribution in [0.4, 0.5) is 0 Å². The molecule has 0 bridgehead atoms. The van der Waals surface area contributed by atoms with E-state index >= 15 is 0 Å². The molecule has 0 saturated carbocycles. The number of benzene rings is 1. The summed E-state index contributed by atoms with van der Waals surface area (Å²) in [4.78, 5) is 2.42. The Labute approximate surface area is 140 Å². The highest BCUT2D eigenvalue weighted by molar-refractivity contribution is 5.85. The van der Waals surface area contributed by atoms with Crippen molar-refractivity contribution in [2.75, 3.05) is 39.9 Å². The third-order valence-corrected chi connectivity index (χ3v) is 3.94. The second-order valence-electron chi connectivity index (χ2n) is 5.63. The second-order valence-corrected chi connectivity index (χ2v) is 5.63. The SMILES string of the molecule is CCCOc1ccc(OCCN(C)C2CCNCC2)cc1.Cl. The number of piperidine rings is 1. The Morgan fingerprint density at radius 1 is 1.05 bits per heavy atom. The number of halogens is 1. The summed E-state index contributed by atoms with van der Waals surface area (Å²) in [6.45, 7) is 6.84. The highest BCUT2D eigenvalue weighted by Crippen LogP contribution is 2.18. The van der Waals surface area contributed by atoms with Gasteiger partial charge in [-0.25, -0.2) is 0 Å². The van der Waals surface area contributed by atoms with Crippen LogP contribution in [0.5, 0.6) is 11.5 Å². The van der Waals surface area contributed by atoms with E-state index in [0.29, 0.717) is 6.04 Å². The van der Waals surface area contributed by atoms with Crippen molar-refractivity contribution in [2.24, 2.45) is 0 Å². The van der Waals surface area contributed by atoms with Crippen molar-refractivity contribution < 1.29 is 9.47 Å². The highest BCUT2D eigenvalue weighted by atomic mass is 35.5. The van der Waals surface area contributed by atoms with E-state index in [1.807, 2.05) is 24.3 Å². The summed E-state index contributed by atoms with van der Waals surface area (Å²) in [5.41, 5.74) is 0. The molecule has 0 unspecified atom stereocenters. The molecule has 5 heteroatoms. The Kier molecular flexibility index (Phi) is 9.28. The molecule has 2 rings (SSSR count). The summed E-state index contributed by atoms with van der Waals surface area (Å²) in [6.07, 6.45) is 3.50. The van der Waals surface area contributed by atoms with Crippen molar-refractivity contribution in [2.45, 2.75) is 32.2 Å². The highest BCUT2D eigenvalue weighted by Gasteiger charge is 2.17. The Bertz CT molecular complexity index is 394. The first-order valence-corrected chi connectivity index (χ1v) is 8.06. The monoisotopic (exact) mass is 328 g/mol. The summed E-state index contributed by atoms with van der Waals surface area (Å²) in [5.74, 6) is 1.83. The Balaban J connectivity index is 0.00000242. The van der Waals surface area contributed by atoms with E-state index < -0.39 is 0 Å². The predicted octanol–water partition coefficient (Wildman–Crippen LogP) is 2.96. The van der Waals surface area contributed by atoms with Crippen LogP contribution in [-0.2, 0) is 0 Å². The van der Waals surface area contributed by atoms with E-state index in [1.54, 1.807) is 0 Å². The maximum absolute atomic E-state index is 5.81. The molecule has 0 radical (unpaired) electrons. The lowest BCUT2D eigenvalue weighted by atomic mass is 10.1. The zero-order chi connectivity index (χ0) is 14.9. The molecule has 1 fully saturated rings. The molecule has 0 atom stereocenters. The number of nitrogens with zero attached hydrogens (tertiary/aromatic N) is 1. The van der Waals surface area contributed by atoms with Gasteiger partial charge in [0.2, 0.25) is 0 Å². The van der Waals surface area contributed by atoms with E-state index in [0.717, 1.165) is 50.8 Å². The second kappa shape index (κ2) is 10.7. The van der Waals surface area contributed by atoms with E-state index in [1.165, 1.54) is 12.8 Å². The zero-order valence-corrected chi connectivity index (χ0v) is 14.5. The average molecular weight is 329 g/mol. The van der Waals surface area contributed by atoms with E-state index in [-0.39, 0.29) is 12.4 Å². The molecule has 0 amide bonds. The molecular weight excluding hydrogens is 300 g/mol. The molecule has 1 saturated heterocycles. The van der Waals surface area contributed by atoms with Crippen molar-refractivity contribution in [3.05, 3.63) is 24.3 Å². The summed E-state index contributed by atoms with van der Waals surface area (Å²) in [7, 11) is 2.20. The maximum atomic E-state index is 5.81. The molecule has 0 aromatic heterocycles. The third-order valence-electron chi connectivity index (χ3n) is 3.94. The first-order chi connectivity index (χ1) is 10.3. The lowest BCUT2D eigenvalue weighted by molar-refractivity contribution is 0.165. The van der Waals surface area contributed by atoms with Gasteiger partial charge in [-0.15, -0.1) is 12.4 Å². The van der Waals surface area contributed by atoms with Gasteiger partial charge in [0.15, 0.2) is 0 Å². The molecule has 1 aliphatic rings. The van der Waals surface area contributed by atoms with Crippen LogP contribution in [0, 0.1) is 0 Å². The van der Waals surface area contributed by atoms with Crippen LogP contribution in [0.15, 0.2) is 24.3 Å². The van der Waals surface area contributed by atoms with Crippen molar-refractivity contribution in [3.8, 4) is 11.5 Å². The molecule has 0 spiro atoms. The van der Waals surface area contributed by atoms with Gasteiger partial charge in [-0.2, -0.15) is 0 Å². The first-order valence-electron chi connectivity index (χ1n) is 8.06. The first kappa shape index (κ1) is 19.1. The van der Waals surface area contributed by atoms with E-state index in [9.17, 15) is 0 Å². The predicted molar refractivity (Wildman–Crippen MR) is 93.5 cm³/mol. The minimum atomic E-state index is 0. The van der Waals surface area contributed by atoms with Crippen LogP contribution in [-0.4, -0.2) is 50.8 Å². The molecule has 1 aromatic carbocycles. The molecule has 22 heavy (non-hydrogen) atoms. The third kappa shape index (κ3) is 6.42. The fraction of sp³-hybridized carbons (Fsp3) is 0.647. The summed E-state index contributed by atoms with van der Waals surface area (Å²) in [6, 6.07) is 8.60. The van der Waals surface area contributed by atoms with Crippen LogP contribution < -0.4 is 14.8 Å². The zero-order valence-electron chi connectivity index (χ0n) is 13.7. The van der Waals surface area contributed by atoms with Gasteiger partial charge in [0.05, 0.1) is 6.61 Å². The summed E-state index contributed by atoms with van der Waals surface area (Å²) >= 11 is 0. The van der Waals surface area contributed by atoms with Crippen LogP contribution in [0.3, 0.4) is 0 Å². The standard InChI is InChI=1S/C17H28N2O2.ClH/c1-3-13-20-16-4-6-17(7-5-16)21-14-12-19(2)15-8-10-18-11-9-15;/h4-7,15,18H,3,8-14H2,1-2H3;1H. The molecular formula is C17H29ClN2O2. The van der Waals surface area contributed by atoms with Gasteiger partial charge in [0.1, 0.15) is 18.1 Å². The molecule has 1 heterocycles. The fourth-order valence-corrected chi connectivity index (χ4v) is 2.59. The fourth-order valence-electron chi connectivity index (χ4n) is 2.59. The van der Waals surface area contributed by atoms with Crippen molar-refractivity contribution >= 4 is 12.4 Å². The number of ether oxygens (including phenoxy) is 2. The summed E-state index contributed by atoms with van der Waals surface area (Å²) in [5, 5.41) is 3.40. The molecule has 0 aliphatic carbocycles. The minimum absolute atomic E-state index is 0. The smallest absolute Gasteiger partial charge is 0.119 e. The van der Waals surface area contributed by atoms with Gasteiger partial charge in [0, 0.05) is 12.6 Å². The van der Waals surface area contributed by atoms with Crippen LogP contribution in [0.1, 0.15) is 26.2 Å². The number of nitrogens with one attached hydrogen (secondary N) is 1. The number of rotatable bonds is 8. The molecule has 1 aromatic rings. The number of hydrogen-bond acceptors (Lipinski definition) is 4. The largest absolute Gasteiger partial charge is 0.494 e. The summed E-state index contributed by atoms with van der Waals surface area (Å²) < 4.78 is 11.4. The Morgan fingerprint density at radius 2 is 1.59 bits per heavy atom. The topological polar surface area (TPSA) is 33.7 Å². The Hall–Kier alpha value is -0.970. The number of hydrogen-bond donors (Lipinski definition) is 1. The van der Waals surface area contributed by atoms with Crippen LogP contribution in [0.2, 0.25) is 0 Å². The maximum Gasteiger partial charge on any atom is 0.119 e. The van der Waals surface area contributed by atoms with Crippen molar-refractivity contribution in [3.63, 3.8) is 0 Å².